The van der Waals surface area contributed by atoms with E-state index in [0.717, 1.165) is 66.9 Å². The molecule has 1 saturated heterocycles. The van der Waals surface area contributed by atoms with Crippen LogP contribution in [0.5, 0.6) is 11.5 Å². The van der Waals surface area contributed by atoms with Crippen LogP contribution in [-0.2, 0) is 15.6 Å². The van der Waals surface area contributed by atoms with Crippen LogP contribution in [0.25, 0.3) is 11.0 Å². The van der Waals surface area contributed by atoms with Gasteiger partial charge < -0.3 is 14.4 Å². The minimum Gasteiger partial charge on any atom is -0.454 e. The molecule has 2 aliphatic heterocycles. The predicted molar refractivity (Wildman–Crippen MR) is 113 cm³/mol. The van der Waals surface area contributed by atoms with Crippen LogP contribution in [0, 0.1) is 11.3 Å². The van der Waals surface area contributed by atoms with Gasteiger partial charge >= 0.3 is 0 Å². The van der Waals surface area contributed by atoms with Gasteiger partial charge in [0.2, 0.25) is 12.7 Å². The third kappa shape index (κ3) is 1.98. The molecule has 6 heteroatoms. The van der Waals surface area contributed by atoms with E-state index in [1.165, 1.54) is 0 Å². The minimum absolute atomic E-state index is 0.168. The Morgan fingerprint density at radius 1 is 1.00 bits per heavy atom. The van der Waals surface area contributed by atoms with Gasteiger partial charge in [0, 0.05) is 30.6 Å². The first-order valence-electron chi connectivity index (χ1n) is 11.2. The Morgan fingerprint density at radius 3 is 2.23 bits per heavy atom. The van der Waals surface area contributed by atoms with Crippen molar-refractivity contribution in [3.05, 3.63) is 23.5 Å². The fraction of sp³-hybridized carbons (Fsp3) is 0.625. The van der Waals surface area contributed by atoms with Gasteiger partial charge in [-0.1, -0.05) is 27.7 Å². The van der Waals surface area contributed by atoms with Crippen LogP contribution < -0.4 is 9.47 Å². The second-order valence-electron chi connectivity index (χ2n) is 10.5. The molecule has 2 bridgehead atoms. The lowest BCUT2D eigenvalue weighted by molar-refractivity contribution is -0.142. The molecule has 0 N–H and O–H groups in total. The molecule has 1 aromatic heterocycles. The number of carbonyl (C=O) groups is 1. The first kappa shape index (κ1) is 18.4. The molecule has 6 rings (SSSR count). The van der Waals surface area contributed by atoms with E-state index in [1.54, 1.807) is 0 Å². The lowest BCUT2D eigenvalue weighted by Crippen LogP contribution is -2.54. The maximum atomic E-state index is 14.1. The quantitative estimate of drug-likeness (QED) is 0.716. The second-order valence-corrected chi connectivity index (χ2v) is 10.5. The molecular weight excluding hydrogens is 378 g/mol. The number of ether oxygens (including phenoxy) is 2. The first-order chi connectivity index (χ1) is 14.3. The number of rotatable bonds is 1. The number of piperidine rings is 1. The summed E-state index contributed by atoms with van der Waals surface area (Å²) in [5.41, 5.74) is 2.49. The van der Waals surface area contributed by atoms with Crippen LogP contribution in [0.2, 0.25) is 0 Å². The van der Waals surface area contributed by atoms with Crippen LogP contribution in [0.15, 0.2) is 12.1 Å². The Morgan fingerprint density at radius 2 is 1.60 bits per heavy atom. The fourth-order valence-corrected chi connectivity index (χ4v) is 6.45. The Bertz CT molecular complexity index is 1090. The van der Waals surface area contributed by atoms with Crippen LogP contribution in [-0.4, -0.2) is 40.7 Å². The summed E-state index contributed by atoms with van der Waals surface area (Å²) in [5, 5.41) is 0. The summed E-state index contributed by atoms with van der Waals surface area (Å²) >= 11 is 0. The molecule has 2 fully saturated rings. The smallest absolute Gasteiger partial charge is 0.235 e. The number of fused-ring (bicyclic) bond motifs is 7. The molecule has 3 heterocycles. The highest BCUT2D eigenvalue weighted by molar-refractivity contribution is 5.93. The summed E-state index contributed by atoms with van der Waals surface area (Å²) in [5.74, 6) is 2.38. The average Bonchev–Trinajstić information content (AvgIpc) is 3.30. The van der Waals surface area contributed by atoms with Crippen molar-refractivity contribution in [3.8, 4) is 11.5 Å². The maximum Gasteiger partial charge on any atom is 0.235 e. The summed E-state index contributed by atoms with van der Waals surface area (Å²) in [6.45, 7) is 11.0. The van der Waals surface area contributed by atoms with Gasteiger partial charge in [-0.15, -0.1) is 0 Å². The van der Waals surface area contributed by atoms with Gasteiger partial charge in [0.15, 0.2) is 11.5 Å². The van der Waals surface area contributed by atoms with E-state index >= 15 is 0 Å². The highest BCUT2D eigenvalue weighted by atomic mass is 16.7. The van der Waals surface area contributed by atoms with Gasteiger partial charge in [-0.2, -0.15) is 0 Å². The summed E-state index contributed by atoms with van der Waals surface area (Å²) in [4.78, 5) is 26.5. The van der Waals surface area contributed by atoms with Crippen molar-refractivity contribution in [1.29, 1.82) is 0 Å². The number of amides is 1. The molecule has 2 unspecified atom stereocenters. The summed E-state index contributed by atoms with van der Waals surface area (Å²) < 4.78 is 11.1. The van der Waals surface area contributed by atoms with Crippen molar-refractivity contribution in [2.45, 2.75) is 64.2 Å². The number of aromatic nitrogens is 2. The lowest BCUT2D eigenvalue weighted by atomic mass is 9.63. The minimum atomic E-state index is -0.602. The summed E-state index contributed by atoms with van der Waals surface area (Å²) in [7, 11) is 0. The molecule has 2 aromatic rings. The maximum absolute atomic E-state index is 14.1. The first-order valence-corrected chi connectivity index (χ1v) is 11.2. The molecule has 0 radical (unpaired) electrons. The normalized spacial score (nSPS) is 31.4. The van der Waals surface area contributed by atoms with Crippen LogP contribution in [0.3, 0.4) is 0 Å². The number of carbonyl (C=O) groups excluding carboxylic acids is 1. The molecule has 30 heavy (non-hydrogen) atoms. The molecule has 1 aromatic carbocycles. The summed E-state index contributed by atoms with van der Waals surface area (Å²) in [6.07, 6.45) is 3.98. The molecule has 2 aliphatic carbocycles. The number of benzene rings is 1. The van der Waals surface area contributed by atoms with E-state index in [0.29, 0.717) is 11.7 Å². The fourth-order valence-electron chi connectivity index (χ4n) is 6.45. The van der Waals surface area contributed by atoms with Crippen molar-refractivity contribution in [2.24, 2.45) is 11.3 Å². The Labute approximate surface area is 177 Å². The number of nitrogens with zero attached hydrogens (tertiary/aromatic N) is 3. The highest BCUT2D eigenvalue weighted by Gasteiger charge is 2.73. The number of hydrogen-bond donors (Lipinski definition) is 0. The zero-order valence-electron chi connectivity index (χ0n) is 18.2. The van der Waals surface area contributed by atoms with E-state index in [2.05, 4.69) is 32.6 Å². The third-order valence-electron chi connectivity index (χ3n) is 8.97. The van der Waals surface area contributed by atoms with Gasteiger partial charge in [0.25, 0.3) is 0 Å². The monoisotopic (exact) mass is 407 g/mol. The van der Waals surface area contributed by atoms with E-state index in [1.807, 2.05) is 12.1 Å². The number of hydrogen-bond acceptors (Lipinski definition) is 5. The number of likely N-dealkylation sites (tertiary alicyclic amines) is 1. The zero-order chi connectivity index (χ0) is 20.9. The summed E-state index contributed by atoms with van der Waals surface area (Å²) in [6, 6.07) is 3.83. The molecule has 2 atom stereocenters. The van der Waals surface area contributed by atoms with E-state index in [-0.39, 0.29) is 23.5 Å². The molecule has 158 valence electrons. The Kier molecular flexibility index (Phi) is 3.47. The van der Waals surface area contributed by atoms with Crippen molar-refractivity contribution in [1.82, 2.24) is 14.9 Å². The third-order valence-corrected chi connectivity index (χ3v) is 8.97. The average molecular weight is 408 g/mol. The molecule has 0 spiro atoms. The van der Waals surface area contributed by atoms with E-state index < -0.39 is 5.41 Å². The van der Waals surface area contributed by atoms with Crippen LogP contribution >= 0.6 is 0 Å². The Balaban J connectivity index is 1.54. The van der Waals surface area contributed by atoms with Crippen LogP contribution in [0.4, 0.5) is 0 Å². The van der Waals surface area contributed by atoms with Crippen molar-refractivity contribution in [2.75, 3.05) is 19.9 Å². The molecule has 1 saturated carbocycles. The molecule has 1 amide bonds. The van der Waals surface area contributed by atoms with Gasteiger partial charge in [-0.05, 0) is 37.0 Å². The predicted octanol–water partition coefficient (Wildman–Crippen LogP) is 3.95. The zero-order valence-corrected chi connectivity index (χ0v) is 18.2. The topological polar surface area (TPSA) is 64.6 Å². The lowest BCUT2D eigenvalue weighted by Gasteiger charge is -2.43. The van der Waals surface area contributed by atoms with E-state index in [9.17, 15) is 4.79 Å². The van der Waals surface area contributed by atoms with Crippen molar-refractivity contribution < 1.29 is 14.3 Å². The van der Waals surface area contributed by atoms with Crippen molar-refractivity contribution in [3.63, 3.8) is 0 Å². The SMILES string of the molecule is CC1CCN(C(=O)C23CCC(C)(c4nc5cc6c(cc5nc42)OCO6)C3(C)C)CC1. The largest absolute Gasteiger partial charge is 0.454 e. The Hall–Kier alpha value is -2.37. The van der Waals surface area contributed by atoms with Crippen molar-refractivity contribution >= 4 is 16.9 Å². The van der Waals surface area contributed by atoms with E-state index in [4.69, 9.17) is 19.4 Å². The molecule has 4 aliphatic rings. The second kappa shape index (κ2) is 5.65. The van der Waals surface area contributed by atoms with Gasteiger partial charge in [0.05, 0.1) is 27.8 Å². The van der Waals surface area contributed by atoms with Crippen LogP contribution in [0.1, 0.15) is 64.8 Å². The molecular formula is C24H29N3O3. The standard InChI is InChI=1S/C24H29N3O3/c1-14-5-9-27(10-6-14)21(28)24-8-7-23(4,22(24,2)3)19-20(24)26-16-12-18-17(29-13-30-18)11-15(16)25-19/h11-12,14H,5-10,13H2,1-4H3. The van der Waals surface area contributed by atoms with Gasteiger partial charge in [-0.25, -0.2) is 9.97 Å². The molecule has 6 nitrogen and oxygen atoms in total. The highest BCUT2D eigenvalue weighted by Crippen LogP contribution is 2.70. The van der Waals surface area contributed by atoms with Gasteiger partial charge in [0.1, 0.15) is 0 Å². The van der Waals surface area contributed by atoms with Gasteiger partial charge in [-0.3, -0.25) is 4.79 Å².